The number of benzene rings is 3. The number of para-hydroxylation sites is 2. The lowest BCUT2D eigenvalue weighted by Gasteiger charge is -2.26. The van der Waals surface area contributed by atoms with Crippen LogP contribution >= 0.6 is 0 Å². The Bertz CT molecular complexity index is 699. The standard InChI is InChI=1S/C20H19NO.C2H6.CH4/c1-16-13-14-19(15-20(16)22-2)21(17-9-5-3-6-10-17)18-11-7-4-8-12-18;1-2;/h3-15H,1-2H3;1-2H3;1H4. The van der Waals surface area contributed by atoms with Crippen molar-refractivity contribution in [3.8, 4) is 5.75 Å². The van der Waals surface area contributed by atoms with Crippen molar-refractivity contribution >= 4 is 17.1 Å². The van der Waals surface area contributed by atoms with E-state index in [2.05, 4.69) is 78.6 Å². The molecule has 0 fully saturated rings. The van der Waals surface area contributed by atoms with Crippen LogP contribution in [0.15, 0.2) is 78.9 Å². The van der Waals surface area contributed by atoms with Crippen molar-refractivity contribution in [3.63, 3.8) is 0 Å². The molecule has 25 heavy (non-hydrogen) atoms. The molecule has 0 bridgehead atoms. The second-order valence-corrected chi connectivity index (χ2v) is 5.16. The van der Waals surface area contributed by atoms with Gasteiger partial charge in [0.15, 0.2) is 0 Å². The molecular formula is C23H29NO. The van der Waals surface area contributed by atoms with Crippen LogP contribution in [0.4, 0.5) is 17.1 Å². The van der Waals surface area contributed by atoms with Gasteiger partial charge in [0.1, 0.15) is 5.75 Å². The number of anilines is 3. The topological polar surface area (TPSA) is 12.5 Å². The van der Waals surface area contributed by atoms with Crippen LogP contribution in [-0.2, 0) is 0 Å². The lowest BCUT2D eigenvalue weighted by molar-refractivity contribution is 0.412. The van der Waals surface area contributed by atoms with Crippen LogP contribution in [0.5, 0.6) is 5.75 Å². The van der Waals surface area contributed by atoms with E-state index >= 15 is 0 Å². The van der Waals surface area contributed by atoms with Crippen molar-refractivity contribution < 1.29 is 4.74 Å². The third-order valence-corrected chi connectivity index (χ3v) is 3.68. The fourth-order valence-electron chi connectivity index (χ4n) is 2.55. The average Bonchev–Trinajstić information content (AvgIpc) is 2.67. The molecule has 0 spiro atoms. The molecule has 0 N–H and O–H groups in total. The molecule has 132 valence electrons. The van der Waals surface area contributed by atoms with E-state index in [0.29, 0.717) is 0 Å². The molecule has 2 nitrogen and oxygen atoms in total. The number of nitrogens with zero attached hydrogens (tertiary/aromatic N) is 1. The van der Waals surface area contributed by atoms with E-state index in [0.717, 1.165) is 28.4 Å². The zero-order chi connectivity index (χ0) is 17.4. The van der Waals surface area contributed by atoms with Crippen molar-refractivity contribution in [2.75, 3.05) is 12.0 Å². The van der Waals surface area contributed by atoms with Crippen LogP contribution in [0.3, 0.4) is 0 Å². The minimum atomic E-state index is 0. The van der Waals surface area contributed by atoms with Crippen LogP contribution < -0.4 is 9.64 Å². The molecule has 0 amide bonds. The minimum absolute atomic E-state index is 0. The van der Waals surface area contributed by atoms with Crippen molar-refractivity contribution in [2.45, 2.75) is 28.2 Å². The smallest absolute Gasteiger partial charge is 0.123 e. The molecule has 0 saturated heterocycles. The summed E-state index contributed by atoms with van der Waals surface area (Å²) >= 11 is 0. The molecule has 0 aliphatic rings. The van der Waals surface area contributed by atoms with Gasteiger partial charge in [-0.1, -0.05) is 63.7 Å². The Morgan fingerprint density at radius 1 is 0.680 bits per heavy atom. The molecule has 0 atom stereocenters. The van der Waals surface area contributed by atoms with Gasteiger partial charge in [0, 0.05) is 23.1 Å². The van der Waals surface area contributed by atoms with E-state index in [4.69, 9.17) is 4.74 Å². The second kappa shape index (κ2) is 10.2. The van der Waals surface area contributed by atoms with E-state index in [9.17, 15) is 0 Å². The molecule has 2 heteroatoms. The van der Waals surface area contributed by atoms with Crippen LogP contribution in [-0.4, -0.2) is 7.11 Å². The van der Waals surface area contributed by atoms with E-state index in [1.54, 1.807) is 7.11 Å². The maximum atomic E-state index is 5.48. The van der Waals surface area contributed by atoms with Gasteiger partial charge in [0.25, 0.3) is 0 Å². The lowest BCUT2D eigenvalue weighted by Crippen LogP contribution is -2.09. The van der Waals surface area contributed by atoms with Gasteiger partial charge in [-0.2, -0.15) is 0 Å². The van der Waals surface area contributed by atoms with Gasteiger partial charge in [0.05, 0.1) is 7.11 Å². The quantitative estimate of drug-likeness (QED) is 0.502. The van der Waals surface area contributed by atoms with Gasteiger partial charge < -0.3 is 9.64 Å². The zero-order valence-corrected chi connectivity index (χ0v) is 14.9. The number of aryl methyl sites for hydroxylation is 1. The van der Waals surface area contributed by atoms with Gasteiger partial charge in [-0.15, -0.1) is 0 Å². The summed E-state index contributed by atoms with van der Waals surface area (Å²) in [6.07, 6.45) is 0. The third-order valence-electron chi connectivity index (χ3n) is 3.68. The highest BCUT2D eigenvalue weighted by molar-refractivity contribution is 5.77. The highest BCUT2D eigenvalue weighted by Crippen LogP contribution is 2.36. The number of hydrogen-bond acceptors (Lipinski definition) is 2. The average molecular weight is 335 g/mol. The van der Waals surface area contributed by atoms with Gasteiger partial charge in [-0.3, -0.25) is 0 Å². The van der Waals surface area contributed by atoms with Gasteiger partial charge in [-0.25, -0.2) is 0 Å². The summed E-state index contributed by atoms with van der Waals surface area (Å²) in [5.74, 6) is 0.898. The molecule has 0 unspecified atom stereocenters. The number of rotatable bonds is 4. The summed E-state index contributed by atoms with van der Waals surface area (Å²) in [5, 5.41) is 0. The third kappa shape index (κ3) is 4.87. The highest BCUT2D eigenvalue weighted by Gasteiger charge is 2.13. The molecule has 0 aromatic heterocycles. The predicted molar refractivity (Wildman–Crippen MR) is 110 cm³/mol. The first-order chi connectivity index (χ1) is 11.8. The minimum Gasteiger partial charge on any atom is -0.496 e. The normalized spacial score (nSPS) is 9.28. The van der Waals surface area contributed by atoms with E-state index in [1.807, 2.05) is 26.0 Å². The summed E-state index contributed by atoms with van der Waals surface area (Å²) in [4.78, 5) is 2.22. The van der Waals surface area contributed by atoms with E-state index < -0.39 is 0 Å². The molecule has 0 saturated carbocycles. The fourth-order valence-corrected chi connectivity index (χ4v) is 2.55. The SMILES string of the molecule is C.CC.COc1cc(N(c2ccccc2)c2ccccc2)ccc1C. The summed E-state index contributed by atoms with van der Waals surface area (Å²) in [6.45, 7) is 6.05. The van der Waals surface area contributed by atoms with Crippen molar-refractivity contribution in [1.29, 1.82) is 0 Å². The largest absolute Gasteiger partial charge is 0.496 e. The lowest BCUT2D eigenvalue weighted by atomic mass is 10.1. The van der Waals surface area contributed by atoms with E-state index in [-0.39, 0.29) is 7.43 Å². The first-order valence-corrected chi connectivity index (χ1v) is 8.34. The van der Waals surface area contributed by atoms with Gasteiger partial charge in [-0.05, 0) is 42.8 Å². The summed E-state index contributed by atoms with van der Waals surface area (Å²) < 4.78 is 5.48. The van der Waals surface area contributed by atoms with Crippen LogP contribution in [0.25, 0.3) is 0 Å². The molecule has 0 aliphatic carbocycles. The number of hydrogen-bond donors (Lipinski definition) is 0. The Morgan fingerprint density at radius 3 is 1.60 bits per heavy atom. The summed E-state index contributed by atoms with van der Waals surface area (Å²) in [6, 6.07) is 27.0. The summed E-state index contributed by atoms with van der Waals surface area (Å²) in [7, 11) is 1.71. The monoisotopic (exact) mass is 335 g/mol. The molecule has 0 heterocycles. The Balaban J connectivity index is 0.00000101. The maximum absolute atomic E-state index is 5.48. The van der Waals surface area contributed by atoms with E-state index in [1.165, 1.54) is 0 Å². The van der Waals surface area contributed by atoms with Crippen LogP contribution in [0.2, 0.25) is 0 Å². The number of methoxy groups -OCH3 is 1. The fraction of sp³-hybridized carbons (Fsp3) is 0.217. The molecule has 3 aromatic carbocycles. The Labute approximate surface area is 152 Å². The van der Waals surface area contributed by atoms with Crippen molar-refractivity contribution in [2.24, 2.45) is 0 Å². The second-order valence-electron chi connectivity index (χ2n) is 5.16. The predicted octanol–water partition coefficient (Wildman–Crippen LogP) is 7.14. The first-order valence-electron chi connectivity index (χ1n) is 8.34. The van der Waals surface area contributed by atoms with Crippen molar-refractivity contribution in [3.05, 3.63) is 84.4 Å². The van der Waals surface area contributed by atoms with Gasteiger partial charge >= 0.3 is 0 Å². The van der Waals surface area contributed by atoms with Gasteiger partial charge in [0.2, 0.25) is 0 Å². The van der Waals surface area contributed by atoms with Crippen LogP contribution in [0.1, 0.15) is 26.8 Å². The van der Waals surface area contributed by atoms with Crippen LogP contribution in [0, 0.1) is 6.92 Å². The molecule has 0 aliphatic heterocycles. The molecular weight excluding hydrogens is 306 g/mol. The maximum Gasteiger partial charge on any atom is 0.123 e. The molecule has 0 radical (unpaired) electrons. The number of ether oxygens (including phenoxy) is 1. The Morgan fingerprint density at radius 2 is 1.16 bits per heavy atom. The Hall–Kier alpha value is -2.74. The summed E-state index contributed by atoms with van der Waals surface area (Å²) in [5.41, 5.74) is 4.46. The molecule has 3 rings (SSSR count). The first kappa shape index (κ1) is 20.3. The Kier molecular flexibility index (Phi) is 8.28. The highest BCUT2D eigenvalue weighted by atomic mass is 16.5. The van der Waals surface area contributed by atoms with Crippen molar-refractivity contribution in [1.82, 2.24) is 0 Å². The molecule has 3 aromatic rings. The zero-order valence-electron chi connectivity index (χ0n) is 14.9.